The number of carboxylic acids is 1. The molecule has 2 aliphatic heterocycles. The Morgan fingerprint density at radius 3 is 2.84 bits per heavy atom. The van der Waals surface area contributed by atoms with Gasteiger partial charge in [0.1, 0.15) is 11.9 Å². The smallest absolute Gasteiger partial charge is 0.318 e. The van der Waals surface area contributed by atoms with E-state index in [0.717, 1.165) is 12.2 Å². The molecule has 9 heteroatoms. The topological polar surface area (TPSA) is 108 Å². The molecule has 0 bridgehead atoms. The Labute approximate surface area is 145 Å². The van der Waals surface area contributed by atoms with Crippen LogP contribution in [0.5, 0.6) is 0 Å². The average Bonchev–Trinajstić information content (AvgIpc) is 3.25. The number of hydrogen-bond donors (Lipinski definition) is 2. The summed E-state index contributed by atoms with van der Waals surface area (Å²) in [6.07, 6.45) is 3.47. The third-order valence-corrected chi connectivity index (χ3v) is 4.83. The number of aromatic nitrogens is 2. The molecule has 0 aliphatic carbocycles. The minimum atomic E-state index is -0.886. The largest absolute Gasteiger partial charge is 0.481 e. The van der Waals surface area contributed by atoms with Crippen LogP contribution in [0.15, 0.2) is 12.3 Å². The zero-order chi connectivity index (χ0) is 18.0. The van der Waals surface area contributed by atoms with Gasteiger partial charge in [-0.2, -0.15) is 5.10 Å². The summed E-state index contributed by atoms with van der Waals surface area (Å²) in [5.41, 5.74) is 0. The predicted octanol–water partition coefficient (Wildman–Crippen LogP) is 0.515. The number of carbonyl (C=O) groups excluding carboxylic acids is 2. The van der Waals surface area contributed by atoms with Gasteiger partial charge >= 0.3 is 12.0 Å². The first kappa shape index (κ1) is 17.2. The van der Waals surface area contributed by atoms with Gasteiger partial charge in [0.15, 0.2) is 0 Å². The summed E-state index contributed by atoms with van der Waals surface area (Å²) in [6.45, 7) is 3.80. The number of likely N-dealkylation sites (tertiary alicyclic amines) is 1. The number of piperidine rings is 1. The highest BCUT2D eigenvalue weighted by Gasteiger charge is 2.35. The third kappa shape index (κ3) is 3.45. The highest BCUT2D eigenvalue weighted by Crippen LogP contribution is 2.22. The maximum Gasteiger partial charge on any atom is 0.318 e. The summed E-state index contributed by atoms with van der Waals surface area (Å²) in [5, 5.41) is 16.0. The van der Waals surface area contributed by atoms with Crippen LogP contribution in [0.25, 0.3) is 0 Å². The van der Waals surface area contributed by atoms with Gasteiger partial charge in [0.05, 0.1) is 12.1 Å². The Morgan fingerprint density at radius 2 is 2.16 bits per heavy atom. The number of anilines is 1. The van der Waals surface area contributed by atoms with E-state index >= 15 is 0 Å². The molecule has 2 saturated heterocycles. The second kappa shape index (κ2) is 7.12. The molecule has 136 valence electrons. The molecule has 1 aromatic rings. The van der Waals surface area contributed by atoms with Crippen LogP contribution >= 0.6 is 0 Å². The number of aliphatic carboxylic acids is 1. The molecule has 3 rings (SSSR count). The molecule has 3 amide bonds. The fourth-order valence-electron chi connectivity index (χ4n) is 3.42. The summed E-state index contributed by atoms with van der Waals surface area (Å²) in [6, 6.07) is 0.835. The van der Waals surface area contributed by atoms with E-state index in [4.69, 9.17) is 5.11 Å². The first-order chi connectivity index (χ1) is 12.0. The molecule has 9 nitrogen and oxygen atoms in total. The first-order valence-corrected chi connectivity index (χ1v) is 8.62. The molecule has 0 saturated carbocycles. The number of nitrogens with zero attached hydrogens (tertiary/aromatic N) is 4. The van der Waals surface area contributed by atoms with Gasteiger partial charge in [0.25, 0.3) is 5.91 Å². The molecule has 2 unspecified atom stereocenters. The quantitative estimate of drug-likeness (QED) is 0.824. The van der Waals surface area contributed by atoms with Crippen molar-refractivity contribution in [1.29, 1.82) is 0 Å². The Balaban J connectivity index is 1.64. The van der Waals surface area contributed by atoms with Crippen molar-refractivity contribution in [2.75, 3.05) is 24.5 Å². The van der Waals surface area contributed by atoms with Crippen LogP contribution in [-0.4, -0.2) is 63.4 Å². The monoisotopic (exact) mass is 349 g/mol. The SMILES string of the molecule is CCn1nccc1N1CCCC(NC(=O)N2CCC(C(=O)O)C2)C1=O. The Bertz CT molecular complexity index is 673. The van der Waals surface area contributed by atoms with Crippen LogP contribution in [-0.2, 0) is 16.1 Å². The van der Waals surface area contributed by atoms with Crippen molar-refractivity contribution >= 4 is 23.7 Å². The standard InChI is InChI=1S/C16H23N5O4/c1-2-21-13(5-7-17-21)20-8-3-4-12(14(20)22)18-16(25)19-9-6-11(10-19)15(23)24/h5,7,11-12H,2-4,6,8-10H2,1H3,(H,18,25)(H,23,24). The molecule has 3 heterocycles. The maximum absolute atomic E-state index is 12.8. The minimum absolute atomic E-state index is 0.149. The van der Waals surface area contributed by atoms with Gasteiger partial charge in [-0.05, 0) is 26.2 Å². The van der Waals surface area contributed by atoms with E-state index in [0.29, 0.717) is 32.5 Å². The third-order valence-electron chi connectivity index (χ3n) is 4.83. The Kier molecular flexibility index (Phi) is 4.91. The van der Waals surface area contributed by atoms with Crippen LogP contribution in [0.4, 0.5) is 10.6 Å². The maximum atomic E-state index is 12.8. The second-order valence-corrected chi connectivity index (χ2v) is 6.41. The van der Waals surface area contributed by atoms with E-state index in [1.165, 1.54) is 4.90 Å². The summed E-state index contributed by atoms with van der Waals surface area (Å²) >= 11 is 0. The molecule has 2 fully saturated rings. The van der Waals surface area contributed by atoms with E-state index < -0.39 is 17.9 Å². The number of aryl methyl sites for hydroxylation is 1. The van der Waals surface area contributed by atoms with Gasteiger partial charge in [0.2, 0.25) is 0 Å². The van der Waals surface area contributed by atoms with Crippen LogP contribution in [0, 0.1) is 5.92 Å². The van der Waals surface area contributed by atoms with Gasteiger partial charge in [-0.1, -0.05) is 0 Å². The molecule has 0 radical (unpaired) electrons. The predicted molar refractivity (Wildman–Crippen MR) is 89.1 cm³/mol. The Hall–Kier alpha value is -2.58. The highest BCUT2D eigenvalue weighted by atomic mass is 16.4. The van der Waals surface area contributed by atoms with Crippen LogP contribution in [0.3, 0.4) is 0 Å². The number of hydrogen-bond acceptors (Lipinski definition) is 4. The first-order valence-electron chi connectivity index (χ1n) is 8.62. The lowest BCUT2D eigenvalue weighted by atomic mass is 10.0. The molecule has 2 N–H and O–H groups in total. The van der Waals surface area contributed by atoms with Crippen LogP contribution in [0.1, 0.15) is 26.2 Å². The molecule has 2 aliphatic rings. The lowest BCUT2D eigenvalue weighted by molar-refractivity contribution is -0.141. The van der Waals surface area contributed by atoms with E-state index in [1.54, 1.807) is 21.8 Å². The van der Waals surface area contributed by atoms with E-state index in [-0.39, 0.29) is 18.5 Å². The number of amides is 3. The lowest BCUT2D eigenvalue weighted by Gasteiger charge is -2.33. The van der Waals surface area contributed by atoms with Crippen molar-refractivity contribution in [3.05, 3.63) is 12.3 Å². The van der Waals surface area contributed by atoms with Crippen LogP contribution < -0.4 is 10.2 Å². The number of urea groups is 1. The molecular formula is C16H23N5O4. The van der Waals surface area contributed by atoms with Crippen molar-refractivity contribution in [2.45, 2.75) is 38.8 Å². The van der Waals surface area contributed by atoms with E-state index in [9.17, 15) is 14.4 Å². The zero-order valence-electron chi connectivity index (χ0n) is 14.2. The molecule has 2 atom stereocenters. The number of carboxylic acid groups (broad SMARTS) is 1. The fourth-order valence-corrected chi connectivity index (χ4v) is 3.42. The summed E-state index contributed by atoms with van der Waals surface area (Å²) in [5.74, 6) is -0.825. The van der Waals surface area contributed by atoms with Gasteiger partial charge in [0, 0.05) is 32.2 Å². The summed E-state index contributed by atoms with van der Waals surface area (Å²) in [4.78, 5) is 39.3. The van der Waals surface area contributed by atoms with Crippen molar-refractivity contribution in [3.63, 3.8) is 0 Å². The van der Waals surface area contributed by atoms with Crippen LogP contribution in [0.2, 0.25) is 0 Å². The molecule has 25 heavy (non-hydrogen) atoms. The normalized spacial score (nSPS) is 23.8. The van der Waals surface area contributed by atoms with Gasteiger partial charge in [-0.3, -0.25) is 14.5 Å². The number of rotatable bonds is 4. The Morgan fingerprint density at radius 1 is 1.36 bits per heavy atom. The molecule has 0 spiro atoms. The molecule has 1 aromatic heterocycles. The van der Waals surface area contributed by atoms with Crippen molar-refractivity contribution in [2.24, 2.45) is 5.92 Å². The van der Waals surface area contributed by atoms with Crippen molar-refractivity contribution in [1.82, 2.24) is 20.0 Å². The van der Waals surface area contributed by atoms with E-state index in [1.807, 2.05) is 6.92 Å². The summed E-state index contributed by atoms with van der Waals surface area (Å²) in [7, 11) is 0. The highest BCUT2D eigenvalue weighted by molar-refractivity contribution is 5.99. The molecular weight excluding hydrogens is 326 g/mol. The summed E-state index contributed by atoms with van der Waals surface area (Å²) < 4.78 is 1.75. The minimum Gasteiger partial charge on any atom is -0.481 e. The van der Waals surface area contributed by atoms with Crippen molar-refractivity contribution in [3.8, 4) is 0 Å². The van der Waals surface area contributed by atoms with E-state index in [2.05, 4.69) is 10.4 Å². The fraction of sp³-hybridized carbons (Fsp3) is 0.625. The number of carbonyl (C=O) groups is 3. The zero-order valence-corrected chi connectivity index (χ0v) is 14.2. The van der Waals surface area contributed by atoms with Gasteiger partial charge < -0.3 is 15.3 Å². The van der Waals surface area contributed by atoms with Gasteiger partial charge in [-0.15, -0.1) is 0 Å². The van der Waals surface area contributed by atoms with Crippen molar-refractivity contribution < 1.29 is 19.5 Å². The second-order valence-electron chi connectivity index (χ2n) is 6.41. The lowest BCUT2D eigenvalue weighted by Crippen LogP contribution is -2.55. The average molecular weight is 349 g/mol. The number of nitrogens with one attached hydrogen (secondary N) is 1. The molecule has 0 aromatic carbocycles. The van der Waals surface area contributed by atoms with Gasteiger partial charge in [-0.25, -0.2) is 9.48 Å².